The quantitative estimate of drug-likeness (QED) is 0.539. The zero-order valence-electron chi connectivity index (χ0n) is 10.9. The molecule has 0 radical (unpaired) electrons. The molecule has 0 N–H and O–H groups in total. The highest BCUT2D eigenvalue weighted by molar-refractivity contribution is 6.12. The van der Waals surface area contributed by atoms with E-state index in [1.807, 2.05) is 18.2 Å². The zero-order chi connectivity index (χ0) is 14.1. The average molecular weight is 268 g/mol. The number of imidazole rings is 1. The van der Waals surface area contributed by atoms with Crippen molar-refractivity contribution in [2.45, 2.75) is 6.42 Å². The third kappa shape index (κ3) is 2.25. The Bertz CT molecular complexity index is 765. The van der Waals surface area contributed by atoms with Crippen LogP contribution in [0.1, 0.15) is 27.5 Å². The van der Waals surface area contributed by atoms with E-state index in [4.69, 9.17) is 4.42 Å². The normalized spacial score (nSPS) is 10.8. The van der Waals surface area contributed by atoms with E-state index in [9.17, 15) is 9.59 Å². The van der Waals surface area contributed by atoms with Gasteiger partial charge >= 0.3 is 0 Å². The molecule has 0 saturated heterocycles. The van der Waals surface area contributed by atoms with E-state index >= 15 is 0 Å². The van der Waals surface area contributed by atoms with Crippen LogP contribution in [0.15, 0.2) is 47.3 Å². The van der Waals surface area contributed by atoms with Gasteiger partial charge in [-0.1, -0.05) is 18.2 Å². The Kier molecular flexibility index (Phi) is 2.95. The minimum atomic E-state index is -0.336. The lowest BCUT2D eigenvalue weighted by Crippen LogP contribution is -2.08. The fourth-order valence-electron chi connectivity index (χ4n) is 2.00. The van der Waals surface area contributed by atoms with Crippen LogP contribution in [-0.4, -0.2) is 21.1 Å². The number of fused-ring (bicyclic) bond motifs is 1. The maximum absolute atomic E-state index is 12.1. The Morgan fingerprint density at radius 1 is 1.25 bits per heavy atom. The van der Waals surface area contributed by atoms with E-state index in [1.54, 1.807) is 29.9 Å². The minimum Gasteiger partial charge on any atom is -0.453 e. The average Bonchev–Trinajstić information content (AvgIpc) is 3.04. The molecule has 0 bridgehead atoms. The van der Waals surface area contributed by atoms with Gasteiger partial charge in [0.05, 0.1) is 12.7 Å². The molecule has 20 heavy (non-hydrogen) atoms. The second-order valence-corrected chi connectivity index (χ2v) is 4.60. The molecule has 0 unspecified atom stereocenters. The molecule has 0 aliphatic carbocycles. The largest absolute Gasteiger partial charge is 0.453 e. The predicted molar refractivity (Wildman–Crippen MR) is 72.7 cm³/mol. The molecule has 3 aromatic rings. The molecule has 0 atom stereocenters. The monoisotopic (exact) mass is 268 g/mol. The van der Waals surface area contributed by atoms with Gasteiger partial charge in [0.2, 0.25) is 5.78 Å². The SMILES string of the molecule is Cn1cnc(C(=O)CC(=O)c2cc3ccccc3o2)c1. The first kappa shape index (κ1) is 12.3. The Morgan fingerprint density at radius 2 is 2.05 bits per heavy atom. The number of nitrogens with zero attached hydrogens (tertiary/aromatic N) is 2. The van der Waals surface area contributed by atoms with Crippen LogP contribution in [0.25, 0.3) is 11.0 Å². The van der Waals surface area contributed by atoms with Crippen molar-refractivity contribution in [2.24, 2.45) is 7.05 Å². The van der Waals surface area contributed by atoms with Gasteiger partial charge in [-0.3, -0.25) is 9.59 Å². The molecule has 5 nitrogen and oxygen atoms in total. The van der Waals surface area contributed by atoms with Gasteiger partial charge in [0.15, 0.2) is 11.5 Å². The molecule has 2 aromatic heterocycles. The molecule has 0 amide bonds. The number of aryl methyl sites for hydroxylation is 1. The molecule has 0 aliphatic heterocycles. The highest BCUT2D eigenvalue weighted by atomic mass is 16.3. The third-order valence-corrected chi connectivity index (χ3v) is 3.01. The van der Waals surface area contributed by atoms with Crippen LogP contribution in [0.2, 0.25) is 0 Å². The maximum Gasteiger partial charge on any atom is 0.205 e. The number of furan rings is 1. The first-order chi connectivity index (χ1) is 9.63. The van der Waals surface area contributed by atoms with Crippen molar-refractivity contribution in [3.05, 3.63) is 54.3 Å². The number of benzene rings is 1. The number of hydrogen-bond donors (Lipinski definition) is 0. The van der Waals surface area contributed by atoms with Gasteiger partial charge in [0.1, 0.15) is 11.3 Å². The fraction of sp³-hybridized carbons (Fsp3) is 0.133. The van der Waals surface area contributed by atoms with Crippen LogP contribution in [-0.2, 0) is 7.05 Å². The summed E-state index contributed by atoms with van der Waals surface area (Å²) in [7, 11) is 1.77. The van der Waals surface area contributed by atoms with Crippen molar-refractivity contribution in [3.8, 4) is 0 Å². The summed E-state index contributed by atoms with van der Waals surface area (Å²) in [6, 6.07) is 9.00. The summed E-state index contributed by atoms with van der Waals surface area (Å²) >= 11 is 0. The van der Waals surface area contributed by atoms with Gasteiger partial charge < -0.3 is 8.98 Å². The van der Waals surface area contributed by atoms with Crippen molar-refractivity contribution in [1.29, 1.82) is 0 Å². The van der Waals surface area contributed by atoms with E-state index in [0.717, 1.165) is 5.39 Å². The molecule has 0 aliphatic rings. The third-order valence-electron chi connectivity index (χ3n) is 3.01. The minimum absolute atomic E-state index is 0.204. The maximum atomic E-state index is 12.1. The number of carbonyl (C=O) groups excluding carboxylic acids is 2. The van der Waals surface area contributed by atoms with Crippen molar-refractivity contribution in [1.82, 2.24) is 9.55 Å². The number of carbonyl (C=O) groups is 2. The standard InChI is InChI=1S/C15H12N2O3/c1-17-8-11(16-9-17)12(18)7-13(19)15-6-10-4-2-3-5-14(10)20-15/h2-6,8-9H,7H2,1H3. The van der Waals surface area contributed by atoms with Crippen LogP contribution in [0, 0.1) is 0 Å². The van der Waals surface area contributed by atoms with Crippen LogP contribution in [0.3, 0.4) is 0 Å². The summed E-state index contributed by atoms with van der Waals surface area (Å²) in [5.74, 6) is -0.441. The van der Waals surface area contributed by atoms with Crippen LogP contribution in [0.5, 0.6) is 0 Å². The Hall–Kier alpha value is -2.69. The fourth-order valence-corrected chi connectivity index (χ4v) is 2.00. The number of ketones is 2. The smallest absolute Gasteiger partial charge is 0.205 e. The Balaban J connectivity index is 1.80. The summed E-state index contributed by atoms with van der Waals surface area (Å²) in [5, 5.41) is 0.848. The molecule has 1 aromatic carbocycles. The summed E-state index contributed by atoms with van der Waals surface area (Å²) in [6.07, 6.45) is 2.88. The van der Waals surface area contributed by atoms with Gasteiger partial charge in [-0.25, -0.2) is 4.98 Å². The van der Waals surface area contributed by atoms with E-state index in [0.29, 0.717) is 5.58 Å². The topological polar surface area (TPSA) is 65.1 Å². The molecule has 3 rings (SSSR count). The lowest BCUT2D eigenvalue weighted by molar-refractivity contribution is 0.0877. The van der Waals surface area contributed by atoms with Crippen LogP contribution < -0.4 is 0 Å². The van der Waals surface area contributed by atoms with Crippen molar-refractivity contribution < 1.29 is 14.0 Å². The molecular weight excluding hydrogens is 256 g/mol. The number of Topliss-reactive ketones (excluding diaryl/α,β-unsaturated/α-hetero) is 2. The Labute approximate surface area is 114 Å². The predicted octanol–water partition coefficient (Wildman–Crippen LogP) is 2.62. The summed E-state index contributed by atoms with van der Waals surface area (Å²) in [5.41, 5.74) is 0.929. The lowest BCUT2D eigenvalue weighted by Gasteiger charge is -1.94. The zero-order valence-corrected chi connectivity index (χ0v) is 10.9. The summed E-state index contributed by atoms with van der Waals surface area (Å²) in [6.45, 7) is 0. The molecule has 2 heterocycles. The number of aromatic nitrogens is 2. The number of para-hydroxylation sites is 1. The van der Waals surface area contributed by atoms with Gasteiger partial charge in [-0.05, 0) is 12.1 Å². The highest BCUT2D eigenvalue weighted by Crippen LogP contribution is 2.20. The van der Waals surface area contributed by atoms with E-state index in [2.05, 4.69) is 4.98 Å². The van der Waals surface area contributed by atoms with E-state index in [1.165, 1.54) is 6.33 Å². The van der Waals surface area contributed by atoms with E-state index in [-0.39, 0.29) is 29.4 Å². The molecule has 0 spiro atoms. The van der Waals surface area contributed by atoms with Gasteiger partial charge in [0, 0.05) is 18.6 Å². The molecule has 0 fully saturated rings. The summed E-state index contributed by atoms with van der Waals surface area (Å²) < 4.78 is 7.11. The van der Waals surface area contributed by atoms with Crippen LogP contribution >= 0.6 is 0 Å². The van der Waals surface area contributed by atoms with Crippen molar-refractivity contribution >= 4 is 22.5 Å². The Morgan fingerprint density at radius 3 is 2.75 bits per heavy atom. The van der Waals surface area contributed by atoms with Gasteiger partial charge in [0.25, 0.3) is 0 Å². The number of hydrogen-bond acceptors (Lipinski definition) is 4. The molecule has 5 heteroatoms. The summed E-state index contributed by atoms with van der Waals surface area (Å²) in [4.78, 5) is 27.9. The van der Waals surface area contributed by atoms with E-state index < -0.39 is 0 Å². The lowest BCUT2D eigenvalue weighted by atomic mass is 10.1. The van der Waals surface area contributed by atoms with Crippen LogP contribution in [0.4, 0.5) is 0 Å². The second kappa shape index (κ2) is 4.77. The number of rotatable bonds is 4. The second-order valence-electron chi connectivity index (χ2n) is 4.60. The van der Waals surface area contributed by atoms with Gasteiger partial charge in [-0.2, -0.15) is 0 Å². The molecule has 0 saturated carbocycles. The first-order valence-corrected chi connectivity index (χ1v) is 6.16. The van der Waals surface area contributed by atoms with Gasteiger partial charge in [-0.15, -0.1) is 0 Å². The molecular formula is C15H12N2O3. The van der Waals surface area contributed by atoms with Crippen molar-refractivity contribution in [2.75, 3.05) is 0 Å². The van der Waals surface area contributed by atoms with Crippen molar-refractivity contribution in [3.63, 3.8) is 0 Å². The highest BCUT2D eigenvalue weighted by Gasteiger charge is 2.18. The first-order valence-electron chi connectivity index (χ1n) is 6.16. The molecule has 100 valence electrons.